The summed E-state index contributed by atoms with van der Waals surface area (Å²) in [6, 6.07) is 9.52. The van der Waals surface area contributed by atoms with Gasteiger partial charge in [0.25, 0.3) is 0 Å². The van der Waals surface area contributed by atoms with Gasteiger partial charge in [0.1, 0.15) is 0 Å². The van der Waals surface area contributed by atoms with Gasteiger partial charge in [0.05, 0.1) is 0 Å². The van der Waals surface area contributed by atoms with Gasteiger partial charge >= 0.3 is 0 Å². The molecule has 0 spiro atoms. The topological polar surface area (TPSA) is 87.2 Å². The molecule has 2 aliphatic heterocycles. The highest BCUT2D eigenvalue weighted by molar-refractivity contribution is 6.30. The Morgan fingerprint density at radius 3 is 2.75 bits per heavy atom. The van der Waals surface area contributed by atoms with E-state index in [-0.39, 0.29) is 17.4 Å². The largest absolute Gasteiger partial charge is 0.356 e. The SMILES string of the molecule is O=C(CCC1(Cc2ccc(Cl)cc2)CCC(=O)N1)NCC1CCCN(c2ncccn2)C1. The number of carbonyl (C=O) groups excluding carboxylic acids is 2. The van der Waals surface area contributed by atoms with Crippen molar-refractivity contribution in [3.05, 3.63) is 53.3 Å². The van der Waals surface area contributed by atoms with Crippen LogP contribution in [0.5, 0.6) is 0 Å². The third kappa shape index (κ3) is 5.97. The number of anilines is 1. The van der Waals surface area contributed by atoms with Crippen LogP contribution in [0, 0.1) is 5.92 Å². The molecule has 0 radical (unpaired) electrons. The van der Waals surface area contributed by atoms with Crippen molar-refractivity contribution in [3.63, 3.8) is 0 Å². The highest BCUT2D eigenvalue weighted by Crippen LogP contribution is 2.30. The molecule has 4 rings (SSSR count). The van der Waals surface area contributed by atoms with Gasteiger partial charge in [-0.3, -0.25) is 9.59 Å². The summed E-state index contributed by atoms with van der Waals surface area (Å²) in [4.78, 5) is 35.5. The van der Waals surface area contributed by atoms with Crippen molar-refractivity contribution >= 4 is 29.4 Å². The van der Waals surface area contributed by atoms with E-state index < -0.39 is 0 Å². The van der Waals surface area contributed by atoms with Crippen LogP contribution in [0.15, 0.2) is 42.7 Å². The van der Waals surface area contributed by atoms with Gasteiger partial charge in [-0.15, -0.1) is 0 Å². The van der Waals surface area contributed by atoms with Crippen LogP contribution in [0.25, 0.3) is 0 Å². The van der Waals surface area contributed by atoms with Crippen LogP contribution >= 0.6 is 11.6 Å². The summed E-state index contributed by atoms with van der Waals surface area (Å²) in [5, 5.41) is 6.95. The zero-order valence-corrected chi connectivity index (χ0v) is 19.0. The number of nitrogens with zero attached hydrogens (tertiary/aromatic N) is 3. The van der Waals surface area contributed by atoms with Crippen molar-refractivity contribution in [3.8, 4) is 0 Å². The van der Waals surface area contributed by atoms with E-state index in [1.165, 1.54) is 0 Å². The Bertz CT molecular complexity index is 924. The number of hydrogen-bond acceptors (Lipinski definition) is 5. The highest BCUT2D eigenvalue weighted by Gasteiger charge is 2.37. The first-order chi connectivity index (χ1) is 15.5. The number of hydrogen-bond donors (Lipinski definition) is 2. The van der Waals surface area contributed by atoms with E-state index in [4.69, 9.17) is 11.6 Å². The average molecular weight is 456 g/mol. The van der Waals surface area contributed by atoms with Gasteiger partial charge < -0.3 is 15.5 Å². The zero-order valence-electron chi connectivity index (χ0n) is 18.2. The number of aromatic nitrogens is 2. The van der Waals surface area contributed by atoms with Crippen LogP contribution in [0.4, 0.5) is 5.95 Å². The number of amides is 2. The fourth-order valence-corrected chi connectivity index (χ4v) is 4.87. The first kappa shape index (κ1) is 22.5. The average Bonchev–Trinajstić information content (AvgIpc) is 3.19. The summed E-state index contributed by atoms with van der Waals surface area (Å²) in [6.45, 7) is 2.45. The molecule has 2 atom stereocenters. The van der Waals surface area contributed by atoms with E-state index in [1.807, 2.05) is 30.3 Å². The normalized spacial score (nSPS) is 23.1. The second-order valence-corrected chi connectivity index (χ2v) is 9.38. The molecule has 0 saturated carbocycles. The van der Waals surface area contributed by atoms with E-state index >= 15 is 0 Å². The molecule has 0 aliphatic carbocycles. The van der Waals surface area contributed by atoms with Crippen molar-refractivity contribution in [2.45, 2.75) is 50.5 Å². The Balaban J connectivity index is 1.27. The monoisotopic (exact) mass is 455 g/mol. The molecule has 2 fully saturated rings. The smallest absolute Gasteiger partial charge is 0.225 e. The van der Waals surface area contributed by atoms with Crippen LogP contribution in [0.3, 0.4) is 0 Å². The van der Waals surface area contributed by atoms with Crippen LogP contribution in [0.2, 0.25) is 5.02 Å². The molecule has 0 bridgehead atoms. The molecule has 32 heavy (non-hydrogen) atoms. The quantitative estimate of drug-likeness (QED) is 0.638. The molecule has 2 N–H and O–H groups in total. The van der Waals surface area contributed by atoms with Gasteiger partial charge in [-0.2, -0.15) is 0 Å². The van der Waals surface area contributed by atoms with E-state index in [2.05, 4.69) is 25.5 Å². The van der Waals surface area contributed by atoms with Crippen molar-refractivity contribution in [1.29, 1.82) is 0 Å². The summed E-state index contributed by atoms with van der Waals surface area (Å²) in [6.07, 6.45) is 8.65. The van der Waals surface area contributed by atoms with E-state index in [0.717, 1.165) is 43.9 Å². The Morgan fingerprint density at radius 1 is 1.25 bits per heavy atom. The lowest BCUT2D eigenvalue weighted by atomic mass is 9.85. The molecule has 2 aliphatic rings. The number of benzene rings is 1. The van der Waals surface area contributed by atoms with Gasteiger partial charge in [-0.05, 0) is 61.8 Å². The van der Waals surface area contributed by atoms with Gasteiger partial charge in [0.15, 0.2) is 0 Å². The predicted octanol–water partition coefficient (Wildman–Crippen LogP) is 3.13. The molecule has 3 heterocycles. The molecule has 1 aromatic heterocycles. The third-order valence-electron chi connectivity index (χ3n) is 6.46. The van der Waals surface area contributed by atoms with Crippen LogP contribution in [-0.4, -0.2) is 47.0 Å². The first-order valence-electron chi connectivity index (χ1n) is 11.4. The standard InChI is InChI=1S/C24H30ClN5O2/c25-20-6-4-18(5-7-20)15-24(11-9-22(32)29-24)10-8-21(31)28-16-19-3-1-14-30(17-19)23-26-12-2-13-27-23/h2,4-7,12-13,19H,1,3,8-11,14-17H2,(H,28,31)(H,29,32). The Morgan fingerprint density at radius 2 is 2.03 bits per heavy atom. The minimum Gasteiger partial charge on any atom is -0.356 e. The molecule has 170 valence electrons. The van der Waals surface area contributed by atoms with Crippen molar-refractivity contribution in [1.82, 2.24) is 20.6 Å². The summed E-state index contributed by atoms with van der Waals surface area (Å²) in [5.74, 6) is 1.23. The summed E-state index contributed by atoms with van der Waals surface area (Å²) in [7, 11) is 0. The maximum absolute atomic E-state index is 12.6. The minimum atomic E-state index is -0.367. The second-order valence-electron chi connectivity index (χ2n) is 8.94. The van der Waals surface area contributed by atoms with E-state index in [0.29, 0.717) is 43.2 Å². The molecule has 1 aromatic carbocycles. The van der Waals surface area contributed by atoms with Gasteiger partial charge in [-0.25, -0.2) is 9.97 Å². The lowest BCUT2D eigenvalue weighted by Gasteiger charge is -2.33. The van der Waals surface area contributed by atoms with Crippen molar-refractivity contribution < 1.29 is 9.59 Å². The van der Waals surface area contributed by atoms with Gasteiger partial charge in [-0.1, -0.05) is 23.7 Å². The highest BCUT2D eigenvalue weighted by atomic mass is 35.5. The molecular formula is C24H30ClN5O2. The number of halogens is 1. The number of piperidine rings is 1. The Kier molecular flexibility index (Phi) is 7.25. The number of carbonyl (C=O) groups is 2. The van der Waals surface area contributed by atoms with Crippen molar-refractivity contribution in [2.24, 2.45) is 5.92 Å². The molecule has 2 saturated heterocycles. The fraction of sp³-hybridized carbons (Fsp3) is 0.500. The fourth-order valence-electron chi connectivity index (χ4n) is 4.74. The maximum atomic E-state index is 12.6. The number of rotatable bonds is 8. The predicted molar refractivity (Wildman–Crippen MR) is 124 cm³/mol. The lowest BCUT2D eigenvalue weighted by molar-refractivity contribution is -0.123. The molecule has 2 aromatic rings. The first-order valence-corrected chi connectivity index (χ1v) is 11.7. The number of nitrogens with one attached hydrogen (secondary N) is 2. The lowest BCUT2D eigenvalue weighted by Crippen LogP contribution is -2.45. The molecule has 2 amide bonds. The van der Waals surface area contributed by atoms with Crippen molar-refractivity contribution in [2.75, 3.05) is 24.5 Å². The van der Waals surface area contributed by atoms with Gasteiger partial charge in [0.2, 0.25) is 17.8 Å². The summed E-state index contributed by atoms with van der Waals surface area (Å²) >= 11 is 6.00. The molecule has 8 heteroatoms. The third-order valence-corrected chi connectivity index (χ3v) is 6.72. The van der Waals surface area contributed by atoms with Crippen LogP contribution in [-0.2, 0) is 16.0 Å². The van der Waals surface area contributed by atoms with Gasteiger partial charge in [0, 0.05) is 55.4 Å². The molecule has 7 nitrogen and oxygen atoms in total. The van der Waals surface area contributed by atoms with Crippen LogP contribution in [0.1, 0.15) is 44.1 Å². The minimum absolute atomic E-state index is 0.0368. The zero-order chi connectivity index (χ0) is 22.4. The second kappa shape index (κ2) is 10.3. The van der Waals surface area contributed by atoms with E-state index in [9.17, 15) is 9.59 Å². The Labute approximate surface area is 194 Å². The van der Waals surface area contributed by atoms with E-state index in [1.54, 1.807) is 12.4 Å². The molecular weight excluding hydrogens is 426 g/mol. The maximum Gasteiger partial charge on any atom is 0.225 e. The Hall–Kier alpha value is -2.67. The van der Waals surface area contributed by atoms with Crippen LogP contribution < -0.4 is 15.5 Å². The summed E-state index contributed by atoms with van der Waals surface area (Å²) < 4.78 is 0. The summed E-state index contributed by atoms with van der Waals surface area (Å²) in [5.41, 5.74) is 0.747. The molecule has 2 unspecified atom stereocenters.